The van der Waals surface area contributed by atoms with Gasteiger partial charge in [-0.05, 0) is 39.5 Å². The van der Waals surface area contributed by atoms with Gasteiger partial charge in [0.1, 0.15) is 6.04 Å². The summed E-state index contributed by atoms with van der Waals surface area (Å²) in [4.78, 5) is 2.51. The third-order valence-corrected chi connectivity index (χ3v) is 3.94. The minimum absolute atomic E-state index is 0.0236. The molecule has 0 aromatic rings. The van der Waals surface area contributed by atoms with Gasteiger partial charge in [-0.25, -0.2) is 0 Å². The van der Waals surface area contributed by atoms with Gasteiger partial charge in [0.15, 0.2) is 0 Å². The smallest absolute Gasteiger partial charge is 0.108 e. The van der Waals surface area contributed by atoms with E-state index in [0.717, 1.165) is 6.54 Å². The van der Waals surface area contributed by atoms with Crippen molar-refractivity contribution in [3.05, 3.63) is 0 Å². The summed E-state index contributed by atoms with van der Waals surface area (Å²) in [7, 11) is 0. The van der Waals surface area contributed by atoms with Gasteiger partial charge in [0, 0.05) is 24.7 Å². The molecule has 1 N–H and O–H groups in total. The molecular weight excluding hydrogens is 198 g/mol. The van der Waals surface area contributed by atoms with Crippen molar-refractivity contribution < 1.29 is 0 Å². The summed E-state index contributed by atoms with van der Waals surface area (Å²) < 4.78 is 0. The second-order valence-electron chi connectivity index (χ2n) is 5.45. The molecule has 3 nitrogen and oxygen atoms in total. The summed E-state index contributed by atoms with van der Waals surface area (Å²) in [6, 6.07) is 4.34. The largest absolute Gasteiger partial charge is 0.298 e. The summed E-state index contributed by atoms with van der Waals surface area (Å²) in [5.74, 6) is 0. The van der Waals surface area contributed by atoms with E-state index in [1.807, 2.05) is 0 Å². The highest BCUT2D eigenvalue weighted by Gasteiger charge is 2.30. The average Bonchev–Trinajstić information content (AvgIpc) is 3.06. The van der Waals surface area contributed by atoms with Gasteiger partial charge in [0.2, 0.25) is 0 Å². The number of nitrogens with zero attached hydrogens (tertiary/aromatic N) is 2. The Morgan fingerprint density at radius 3 is 2.38 bits per heavy atom. The summed E-state index contributed by atoms with van der Waals surface area (Å²) >= 11 is 0. The van der Waals surface area contributed by atoms with Crippen LogP contribution >= 0.6 is 0 Å². The van der Waals surface area contributed by atoms with Gasteiger partial charge in [-0.1, -0.05) is 6.42 Å². The van der Waals surface area contributed by atoms with Crippen LogP contribution in [0.25, 0.3) is 0 Å². The van der Waals surface area contributed by atoms with Crippen molar-refractivity contribution in [3.8, 4) is 6.07 Å². The van der Waals surface area contributed by atoms with Gasteiger partial charge in [0.05, 0.1) is 6.07 Å². The molecule has 2 rings (SSSR count). The average molecular weight is 221 g/mol. The lowest BCUT2D eigenvalue weighted by molar-refractivity contribution is 0.0973. The first-order valence-electron chi connectivity index (χ1n) is 6.62. The van der Waals surface area contributed by atoms with E-state index in [0.29, 0.717) is 18.1 Å². The van der Waals surface area contributed by atoms with E-state index >= 15 is 0 Å². The molecule has 90 valence electrons. The molecule has 0 amide bonds. The standard InChI is InChI=1S/C13H23N3/c1-10-4-3-5-11(2)16(10)9-13(8-14)15-12-6-7-12/h10-13,15H,3-7,9H2,1-2H3/t10-,11+,13?. The Kier molecular flexibility index (Phi) is 3.83. The van der Waals surface area contributed by atoms with Crippen LogP contribution in [-0.4, -0.2) is 35.6 Å². The molecule has 3 atom stereocenters. The summed E-state index contributed by atoms with van der Waals surface area (Å²) in [6.07, 6.45) is 6.41. The van der Waals surface area contributed by atoms with E-state index in [1.165, 1.54) is 32.1 Å². The minimum Gasteiger partial charge on any atom is -0.298 e. The van der Waals surface area contributed by atoms with Crippen molar-refractivity contribution in [2.45, 2.75) is 70.1 Å². The Bertz CT molecular complexity index is 257. The first kappa shape index (κ1) is 11.9. The topological polar surface area (TPSA) is 39.1 Å². The lowest BCUT2D eigenvalue weighted by Crippen LogP contribution is -2.50. The Morgan fingerprint density at radius 2 is 1.88 bits per heavy atom. The predicted octanol–water partition coefficient (Wildman–Crippen LogP) is 1.89. The van der Waals surface area contributed by atoms with Crippen molar-refractivity contribution in [1.82, 2.24) is 10.2 Å². The van der Waals surface area contributed by atoms with E-state index < -0.39 is 0 Å². The van der Waals surface area contributed by atoms with Crippen molar-refractivity contribution in [2.75, 3.05) is 6.54 Å². The maximum absolute atomic E-state index is 9.17. The van der Waals surface area contributed by atoms with Crippen LogP contribution in [0, 0.1) is 11.3 Å². The molecule has 0 aromatic carbocycles. The molecule has 1 unspecified atom stereocenters. The maximum Gasteiger partial charge on any atom is 0.108 e. The zero-order chi connectivity index (χ0) is 11.5. The van der Waals surface area contributed by atoms with Crippen LogP contribution in [-0.2, 0) is 0 Å². The number of hydrogen-bond acceptors (Lipinski definition) is 3. The van der Waals surface area contributed by atoms with Crippen LogP contribution in [0.5, 0.6) is 0 Å². The van der Waals surface area contributed by atoms with Gasteiger partial charge in [-0.3, -0.25) is 10.2 Å². The van der Waals surface area contributed by atoms with Gasteiger partial charge >= 0.3 is 0 Å². The van der Waals surface area contributed by atoms with Gasteiger partial charge in [0.25, 0.3) is 0 Å². The third kappa shape index (κ3) is 2.96. The van der Waals surface area contributed by atoms with Gasteiger partial charge in [-0.15, -0.1) is 0 Å². The van der Waals surface area contributed by atoms with Crippen molar-refractivity contribution in [3.63, 3.8) is 0 Å². The number of piperidine rings is 1. The zero-order valence-electron chi connectivity index (χ0n) is 10.4. The predicted molar refractivity (Wildman–Crippen MR) is 65.0 cm³/mol. The number of nitriles is 1. The molecule has 1 aliphatic carbocycles. The molecule has 0 bridgehead atoms. The molecule has 2 aliphatic rings. The van der Waals surface area contributed by atoms with Crippen LogP contribution in [0.15, 0.2) is 0 Å². The van der Waals surface area contributed by atoms with E-state index in [1.54, 1.807) is 0 Å². The van der Waals surface area contributed by atoms with Crippen LogP contribution in [0.2, 0.25) is 0 Å². The van der Waals surface area contributed by atoms with Crippen LogP contribution in [0.1, 0.15) is 46.0 Å². The van der Waals surface area contributed by atoms with E-state index in [4.69, 9.17) is 5.26 Å². The fourth-order valence-electron chi connectivity index (χ4n) is 2.71. The molecule has 0 spiro atoms. The number of rotatable bonds is 4. The molecule has 0 radical (unpaired) electrons. The fourth-order valence-corrected chi connectivity index (χ4v) is 2.71. The van der Waals surface area contributed by atoms with Gasteiger partial charge in [-0.2, -0.15) is 5.26 Å². The first-order chi connectivity index (χ1) is 7.70. The van der Waals surface area contributed by atoms with Crippen LogP contribution in [0.4, 0.5) is 0 Å². The second-order valence-corrected chi connectivity index (χ2v) is 5.45. The van der Waals surface area contributed by atoms with Crippen molar-refractivity contribution >= 4 is 0 Å². The van der Waals surface area contributed by atoms with Crippen LogP contribution < -0.4 is 5.32 Å². The van der Waals surface area contributed by atoms with Crippen LogP contribution in [0.3, 0.4) is 0 Å². The summed E-state index contributed by atoms with van der Waals surface area (Å²) in [6.45, 7) is 5.48. The molecule has 1 aliphatic heterocycles. The Hall–Kier alpha value is -0.590. The third-order valence-electron chi connectivity index (χ3n) is 3.94. The molecule has 3 heteroatoms. The van der Waals surface area contributed by atoms with Crippen molar-refractivity contribution in [1.29, 1.82) is 5.26 Å². The molecule has 2 fully saturated rings. The van der Waals surface area contributed by atoms with Gasteiger partial charge < -0.3 is 0 Å². The molecule has 1 saturated carbocycles. The first-order valence-corrected chi connectivity index (χ1v) is 6.62. The maximum atomic E-state index is 9.17. The van der Waals surface area contributed by atoms with E-state index in [2.05, 4.69) is 30.1 Å². The second kappa shape index (κ2) is 5.16. The Labute approximate surface area is 98.8 Å². The number of hydrogen-bond donors (Lipinski definition) is 1. The molecule has 0 aromatic heterocycles. The lowest BCUT2D eigenvalue weighted by Gasteiger charge is -2.40. The zero-order valence-corrected chi connectivity index (χ0v) is 10.4. The highest BCUT2D eigenvalue weighted by Crippen LogP contribution is 2.24. The number of nitrogens with one attached hydrogen (secondary N) is 1. The highest BCUT2D eigenvalue weighted by atomic mass is 15.2. The Morgan fingerprint density at radius 1 is 1.25 bits per heavy atom. The number of likely N-dealkylation sites (tertiary alicyclic amines) is 1. The molecule has 1 saturated heterocycles. The summed E-state index contributed by atoms with van der Waals surface area (Å²) in [5, 5.41) is 12.6. The lowest BCUT2D eigenvalue weighted by atomic mass is 9.97. The molecule has 16 heavy (non-hydrogen) atoms. The Balaban J connectivity index is 1.86. The minimum atomic E-state index is 0.0236. The normalized spacial score (nSPS) is 33.3. The molecule has 1 heterocycles. The summed E-state index contributed by atoms with van der Waals surface area (Å²) in [5.41, 5.74) is 0. The monoisotopic (exact) mass is 221 g/mol. The quantitative estimate of drug-likeness (QED) is 0.788. The highest BCUT2D eigenvalue weighted by molar-refractivity contribution is 4.99. The molecular formula is C13H23N3. The fraction of sp³-hybridized carbons (Fsp3) is 0.923. The van der Waals surface area contributed by atoms with E-state index in [9.17, 15) is 0 Å². The van der Waals surface area contributed by atoms with Crippen molar-refractivity contribution in [2.24, 2.45) is 0 Å². The SMILES string of the molecule is C[C@@H]1CCC[C@H](C)N1CC(C#N)NC1CC1. The van der Waals surface area contributed by atoms with E-state index in [-0.39, 0.29) is 6.04 Å².